The molecular formula is C16H16IN3O. The number of aromatic nitrogens is 2. The molecule has 0 unspecified atom stereocenters. The van der Waals surface area contributed by atoms with Crippen LogP contribution >= 0.6 is 22.6 Å². The highest BCUT2D eigenvalue weighted by atomic mass is 127. The molecule has 0 radical (unpaired) electrons. The fourth-order valence-electron chi connectivity index (χ4n) is 2.12. The van der Waals surface area contributed by atoms with Crippen LogP contribution in [-0.2, 0) is 13.0 Å². The predicted molar refractivity (Wildman–Crippen MR) is 89.2 cm³/mol. The number of nitriles is 1. The van der Waals surface area contributed by atoms with Gasteiger partial charge in [0.15, 0.2) is 5.69 Å². The zero-order valence-electron chi connectivity index (χ0n) is 11.8. The van der Waals surface area contributed by atoms with Gasteiger partial charge in [0.25, 0.3) is 0 Å². The number of carbonyl (C=O) groups is 1. The second-order valence-corrected chi connectivity index (χ2v) is 5.85. The smallest absolute Gasteiger partial charge is 0.172 e. The van der Waals surface area contributed by atoms with E-state index in [2.05, 4.69) is 45.1 Å². The molecule has 2 aromatic rings. The Labute approximate surface area is 137 Å². The van der Waals surface area contributed by atoms with Gasteiger partial charge in [-0.2, -0.15) is 5.26 Å². The van der Waals surface area contributed by atoms with Crippen LogP contribution in [0.2, 0.25) is 0 Å². The molecule has 0 bridgehead atoms. The van der Waals surface area contributed by atoms with Crippen LogP contribution in [0.5, 0.6) is 0 Å². The summed E-state index contributed by atoms with van der Waals surface area (Å²) in [7, 11) is 0. The molecule has 0 aliphatic rings. The molecule has 21 heavy (non-hydrogen) atoms. The van der Waals surface area contributed by atoms with E-state index in [0.29, 0.717) is 17.8 Å². The number of imidazole rings is 1. The van der Waals surface area contributed by atoms with Crippen molar-refractivity contribution in [3.63, 3.8) is 0 Å². The second-order valence-electron chi connectivity index (χ2n) is 4.83. The van der Waals surface area contributed by atoms with E-state index in [0.717, 1.165) is 40.6 Å². The summed E-state index contributed by atoms with van der Waals surface area (Å²) in [5, 5.41) is 9.15. The van der Waals surface area contributed by atoms with Gasteiger partial charge in [0.1, 0.15) is 21.9 Å². The average Bonchev–Trinajstić information content (AvgIpc) is 2.82. The highest BCUT2D eigenvalue weighted by molar-refractivity contribution is 14.1. The number of aldehydes is 1. The largest absolute Gasteiger partial charge is 0.318 e. The Morgan fingerprint density at radius 1 is 1.38 bits per heavy atom. The van der Waals surface area contributed by atoms with Crippen LogP contribution in [0.1, 0.15) is 47.2 Å². The lowest BCUT2D eigenvalue weighted by Crippen LogP contribution is -2.07. The highest BCUT2D eigenvalue weighted by Crippen LogP contribution is 2.18. The van der Waals surface area contributed by atoms with Gasteiger partial charge in [0, 0.05) is 18.5 Å². The van der Waals surface area contributed by atoms with Crippen molar-refractivity contribution in [1.29, 1.82) is 5.26 Å². The zero-order valence-corrected chi connectivity index (χ0v) is 14.0. The number of hydrogen-bond donors (Lipinski definition) is 0. The first-order chi connectivity index (χ1) is 10.2. The number of unbranched alkanes of at least 4 members (excludes halogenated alkanes) is 1. The van der Waals surface area contributed by atoms with Crippen molar-refractivity contribution in [2.45, 2.75) is 32.7 Å². The van der Waals surface area contributed by atoms with Crippen LogP contribution in [0.15, 0.2) is 24.3 Å². The van der Waals surface area contributed by atoms with E-state index >= 15 is 0 Å². The average molecular weight is 393 g/mol. The molecule has 0 atom stereocenters. The lowest BCUT2D eigenvalue weighted by atomic mass is 10.1. The number of halogens is 1. The van der Waals surface area contributed by atoms with Crippen LogP contribution < -0.4 is 0 Å². The van der Waals surface area contributed by atoms with Crippen molar-refractivity contribution in [2.75, 3.05) is 0 Å². The molecule has 5 heteroatoms. The van der Waals surface area contributed by atoms with E-state index < -0.39 is 0 Å². The van der Waals surface area contributed by atoms with Crippen LogP contribution in [-0.4, -0.2) is 15.8 Å². The molecule has 4 nitrogen and oxygen atoms in total. The van der Waals surface area contributed by atoms with E-state index in [-0.39, 0.29) is 0 Å². The van der Waals surface area contributed by atoms with Crippen molar-refractivity contribution in [2.24, 2.45) is 0 Å². The molecule has 1 aromatic carbocycles. The SMILES string of the molecule is CCCCc1nc(C#N)c(I)n1Cc1ccc(C=O)cc1. The third kappa shape index (κ3) is 3.70. The number of aryl methyl sites for hydroxylation is 1. The Kier molecular flexibility index (Phi) is 5.51. The normalized spacial score (nSPS) is 10.3. The van der Waals surface area contributed by atoms with Gasteiger partial charge < -0.3 is 4.57 Å². The molecule has 0 aliphatic heterocycles. The van der Waals surface area contributed by atoms with E-state index in [9.17, 15) is 4.79 Å². The summed E-state index contributed by atoms with van der Waals surface area (Å²) in [4.78, 5) is 15.1. The molecule has 1 aromatic heterocycles. The quantitative estimate of drug-likeness (QED) is 0.557. The fraction of sp³-hybridized carbons (Fsp3) is 0.312. The fourth-order valence-corrected chi connectivity index (χ4v) is 2.81. The van der Waals surface area contributed by atoms with E-state index in [1.54, 1.807) is 0 Å². The van der Waals surface area contributed by atoms with Gasteiger partial charge in [-0.3, -0.25) is 4.79 Å². The van der Waals surface area contributed by atoms with E-state index in [1.807, 2.05) is 24.3 Å². The number of benzene rings is 1. The maximum atomic E-state index is 10.7. The first-order valence-corrected chi connectivity index (χ1v) is 7.96. The van der Waals surface area contributed by atoms with Gasteiger partial charge in [0.2, 0.25) is 0 Å². The van der Waals surface area contributed by atoms with Crippen LogP contribution in [0.25, 0.3) is 0 Å². The maximum Gasteiger partial charge on any atom is 0.172 e. The Bertz CT molecular complexity index is 668. The Hall–Kier alpha value is -1.68. The van der Waals surface area contributed by atoms with Crippen LogP contribution in [0, 0.1) is 15.0 Å². The Morgan fingerprint density at radius 3 is 2.67 bits per heavy atom. The minimum Gasteiger partial charge on any atom is -0.318 e. The number of nitrogens with zero attached hydrogens (tertiary/aromatic N) is 3. The molecule has 0 spiro atoms. The lowest BCUT2D eigenvalue weighted by Gasteiger charge is -2.09. The molecule has 108 valence electrons. The molecule has 2 rings (SSSR count). The summed E-state index contributed by atoms with van der Waals surface area (Å²) in [6.07, 6.45) is 3.87. The third-order valence-electron chi connectivity index (χ3n) is 3.30. The van der Waals surface area contributed by atoms with Crippen LogP contribution in [0.3, 0.4) is 0 Å². The predicted octanol–water partition coefficient (Wildman–Crippen LogP) is 3.56. The second kappa shape index (κ2) is 7.36. The molecular weight excluding hydrogens is 377 g/mol. The topological polar surface area (TPSA) is 58.7 Å². The lowest BCUT2D eigenvalue weighted by molar-refractivity contribution is 0.112. The minimum atomic E-state index is 0.492. The summed E-state index contributed by atoms with van der Waals surface area (Å²) in [6, 6.07) is 9.65. The standard InChI is InChI=1S/C16H16IN3O/c1-2-3-4-15-19-14(9-18)16(17)20(15)10-12-5-7-13(11-21)8-6-12/h5-8,11H,2-4,10H2,1H3. The van der Waals surface area contributed by atoms with Gasteiger partial charge in [-0.15, -0.1) is 0 Å². The molecule has 0 amide bonds. The third-order valence-corrected chi connectivity index (χ3v) is 4.39. The zero-order chi connectivity index (χ0) is 15.2. The Morgan fingerprint density at radius 2 is 2.10 bits per heavy atom. The van der Waals surface area contributed by atoms with E-state index in [4.69, 9.17) is 5.26 Å². The molecule has 0 saturated carbocycles. The number of carbonyl (C=O) groups excluding carboxylic acids is 1. The van der Waals surface area contributed by atoms with Crippen molar-refractivity contribution in [3.8, 4) is 6.07 Å². The monoisotopic (exact) mass is 393 g/mol. The van der Waals surface area contributed by atoms with Gasteiger partial charge >= 0.3 is 0 Å². The Balaban J connectivity index is 2.30. The van der Waals surface area contributed by atoms with Crippen molar-refractivity contribution in [1.82, 2.24) is 9.55 Å². The van der Waals surface area contributed by atoms with Gasteiger partial charge in [-0.25, -0.2) is 4.98 Å². The molecule has 0 N–H and O–H groups in total. The minimum absolute atomic E-state index is 0.492. The summed E-state index contributed by atoms with van der Waals surface area (Å²) in [6.45, 7) is 2.81. The summed E-state index contributed by atoms with van der Waals surface area (Å²) < 4.78 is 2.96. The number of hydrogen-bond acceptors (Lipinski definition) is 3. The molecule has 1 heterocycles. The summed E-state index contributed by atoms with van der Waals surface area (Å²) in [5.74, 6) is 0.956. The first-order valence-electron chi connectivity index (χ1n) is 6.88. The highest BCUT2D eigenvalue weighted by Gasteiger charge is 2.14. The summed E-state index contributed by atoms with van der Waals surface area (Å²) >= 11 is 2.18. The molecule has 0 saturated heterocycles. The first kappa shape index (κ1) is 15.7. The van der Waals surface area contributed by atoms with Gasteiger partial charge in [-0.1, -0.05) is 37.6 Å². The molecule has 0 aliphatic carbocycles. The van der Waals surface area contributed by atoms with Crippen molar-refractivity contribution in [3.05, 3.63) is 50.6 Å². The van der Waals surface area contributed by atoms with Gasteiger partial charge in [0.05, 0.1) is 0 Å². The molecule has 0 fully saturated rings. The van der Waals surface area contributed by atoms with Gasteiger partial charge in [-0.05, 0) is 34.6 Å². The number of rotatable bonds is 6. The van der Waals surface area contributed by atoms with Crippen LogP contribution in [0.4, 0.5) is 0 Å². The van der Waals surface area contributed by atoms with Crippen molar-refractivity contribution < 1.29 is 4.79 Å². The van der Waals surface area contributed by atoms with Crippen molar-refractivity contribution >= 4 is 28.9 Å². The summed E-state index contributed by atoms with van der Waals surface area (Å²) in [5.41, 5.74) is 2.26. The van der Waals surface area contributed by atoms with E-state index in [1.165, 1.54) is 0 Å². The maximum absolute atomic E-state index is 10.7.